The van der Waals surface area contributed by atoms with Crippen molar-refractivity contribution in [3.8, 4) is 11.5 Å². The maximum Gasteiger partial charge on any atom is 0.247 e. The zero-order valence-electron chi connectivity index (χ0n) is 15.1. The molecule has 3 aromatic rings. The van der Waals surface area contributed by atoms with E-state index in [2.05, 4.69) is 10.2 Å². The molecule has 1 aromatic heterocycles. The molecule has 5 nitrogen and oxygen atoms in total. The predicted octanol–water partition coefficient (Wildman–Crippen LogP) is 4.11. The molecule has 3 rings (SSSR count). The van der Waals surface area contributed by atoms with Crippen molar-refractivity contribution in [3.63, 3.8) is 0 Å². The molecule has 2 aromatic carbocycles. The molecule has 0 aliphatic heterocycles. The summed E-state index contributed by atoms with van der Waals surface area (Å²) in [6.45, 7) is 4.31. The molecule has 0 spiro atoms. The van der Waals surface area contributed by atoms with E-state index in [0.29, 0.717) is 24.7 Å². The Morgan fingerprint density at radius 3 is 2.31 bits per heavy atom. The molecule has 0 atom stereocenters. The first-order valence-electron chi connectivity index (χ1n) is 8.84. The maximum atomic E-state index is 12.7. The molecule has 5 heteroatoms. The fraction of sp³-hybridized carbons (Fsp3) is 0.286. The van der Waals surface area contributed by atoms with Gasteiger partial charge >= 0.3 is 0 Å². The van der Waals surface area contributed by atoms with E-state index in [0.717, 1.165) is 17.5 Å². The lowest BCUT2D eigenvalue weighted by atomic mass is 10.1. The summed E-state index contributed by atoms with van der Waals surface area (Å²) in [5.74, 6) is 1.01. The second kappa shape index (κ2) is 8.43. The predicted molar refractivity (Wildman–Crippen MR) is 100 cm³/mol. The van der Waals surface area contributed by atoms with Crippen LogP contribution in [0, 0.1) is 0 Å². The van der Waals surface area contributed by atoms with Crippen LogP contribution in [0.15, 0.2) is 65.1 Å². The largest absolute Gasteiger partial charge is 0.419 e. The summed E-state index contributed by atoms with van der Waals surface area (Å²) >= 11 is 0. The Balaban J connectivity index is 1.65. The van der Waals surface area contributed by atoms with Crippen molar-refractivity contribution in [2.45, 2.75) is 39.3 Å². The number of amides is 1. The summed E-state index contributed by atoms with van der Waals surface area (Å²) in [5.41, 5.74) is 2.03. The fourth-order valence-corrected chi connectivity index (χ4v) is 2.76. The molecule has 1 amide bonds. The third-order valence-electron chi connectivity index (χ3n) is 4.21. The highest BCUT2D eigenvalue weighted by molar-refractivity contribution is 5.76. The second-order valence-electron chi connectivity index (χ2n) is 6.47. The Morgan fingerprint density at radius 2 is 1.65 bits per heavy atom. The molecule has 0 unspecified atom stereocenters. The van der Waals surface area contributed by atoms with E-state index in [1.807, 2.05) is 74.5 Å². The van der Waals surface area contributed by atoms with Gasteiger partial charge in [0.05, 0.1) is 6.54 Å². The van der Waals surface area contributed by atoms with Gasteiger partial charge in [-0.15, -0.1) is 10.2 Å². The van der Waals surface area contributed by atoms with Crippen LogP contribution in [0.3, 0.4) is 0 Å². The first kappa shape index (κ1) is 17.9. The van der Waals surface area contributed by atoms with Crippen LogP contribution >= 0.6 is 0 Å². The Bertz CT molecular complexity index is 829. The minimum atomic E-state index is 0.0605. The van der Waals surface area contributed by atoms with Gasteiger partial charge in [-0.3, -0.25) is 4.79 Å². The molecule has 0 saturated heterocycles. The van der Waals surface area contributed by atoms with Crippen LogP contribution < -0.4 is 0 Å². The van der Waals surface area contributed by atoms with Gasteiger partial charge in [0.25, 0.3) is 0 Å². The minimum Gasteiger partial charge on any atom is -0.419 e. The van der Waals surface area contributed by atoms with Crippen molar-refractivity contribution in [3.05, 3.63) is 72.1 Å². The third-order valence-corrected chi connectivity index (χ3v) is 4.21. The lowest BCUT2D eigenvalue weighted by Gasteiger charge is -2.25. The summed E-state index contributed by atoms with van der Waals surface area (Å²) in [5, 5.41) is 8.20. The number of aromatic nitrogens is 2. The van der Waals surface area contributed by atoms with Crippen LogP contribution in [0.1, 0.15) is 31.7 Å². The number of hydrogen-bond acceptors (Lipinski definition) is 4. The molecule has 26 heavy (non-hydrogen) atoms. The van der Waals surface area contributed by atoms with Gasteiger partial charge in [0.1, 0.15) is 0 Å². The highest BCUT2D eigenvalue weighted by Gasteiger charge is 2.20. The van der Waals surface area contributed by atoms with Gasteiger partial charge in [-0.05, 0) is 38.0 Å². The molecule has 134 valence electrons. The smallest absolute Gasteiger partial charge is 0.247 e. The van der Waals surface area contributed by atoms with Crippen LogP contribution in [-0.2, 0) is 17.8 Å². The lowest BCUT2D eigenvalue weighted by molar-refractivity contribution is -0.133. The Kier molecular flexibility index (Phi) is 5.79. The van der Waals surface area contributed by atoms with Gasteiger partial charge in [-0.1, -0.05) is 48.5 Å². The van der Waals surface area contributed by atoms with Crippen molar-refractivity contribution in [2.75, 3.05) is 0 Å². The first-order valence-corrected chi connectivity index (χ1v) is 8.84. The van der Waals surface area contributed by atoms with E-state index >= 15 is 0 Å². The maximum absolute atomic E-state index is 12.7. The van der Waals surface area contributed by atoms with Crippen molar-refractivity contribution in [2.24, 2.45) is 0 Å². The van der Waals surface area contributed by atoms with Crippen molar-refractivity contribution in [1.29, 1.82) is 0 Å². The average molecular weight is 349 g/mol. The SMILES string of the molecule is CC(C)N(Cc1nnc(-c2ccccc2)o1)C(=O)CCc1ccccc1. The number of rotatable bonds is 7. The standard InChI is InChI=1S/C21H23N3O2/c1-16(2)24(20(25)14-13-17-9-5-3-6-10-17)15-19-22-23-21(26-19)18-11-7-4-8-12-18/h3-12,16H,13-15H2,1-2H3. The Labute approximate surface area is 153 Å². The number of hydrogen-bond donors (Lipinski definition) is 0. The zero-order chi connectivity index (χ0) is 18.4. The quantitative estimate of drug-likeness (QED) is 0.644. The number of nitrogens with zero attached hydrogens (tertiary/aromatic N) is 3. The topological polar surface area (TPSA) is 59.2 Å². The normalized spacial score (nSPS) is 10.9. The molecule has 0 N–H and O–H groups in total. The van der Waals surface area contributed by atoms with E-state index in [-0.39, 0.29) is 11.9 Å². The van der Waals surface area contributed by atoms with Crippen LogP contribution in [0.25, 0.3) is 11.5 Å². The summed E-state index contributed by atoms with van der Waals surface area (Å²) in [6, 6.07) is 19.7. The van der Waals surface area contributed by atoms with E-state index < -0.39 is 0 Å². The third kappa shape index (κ3) is 4.57. The fourth-order valence-electron chi connectivity index (χ4n) is 2.76. The van der Waals surface area contributed by atoms with Gasteiger partial charge < -0.3 is 9.32 Å². The van der Waals surface area contributed by atoms with Gasteiger partial charge in [0, 0.05) is 18.0 Å². The van der Waals surface area contributed by atoms with Gasteiger partial charge in [0.2, 0.25) is 17.7 Å². The van der Waals surface area contributed by atoms with E-state index in [1.54, 1.807) is 4.90 Å². The van der Waals surface area contributed by atoms with Crippen molar-refractivity contribution >= 4 is 5.91 Å². The van der Waals surface area contributed by atoms with E-state index in [4.69, 9.17) is 4.42 Å². The van der Waals surface area contributed by atoms with Crippen molar-refractivity contribution < 1.29 is 9.21 Å². The molecule has 0 aliphatic carbocycles. The summed E-state index contributed by atoms with van der Waals surface area (Å²) in [7, 11) is 0. The van der Waals surface area contributed by atoms with Crippen LogP contribution in [0.2, 0.25) is 0 Å². The Hall–Kier alpha value is -2.95. The highest BCUT2D eigenvalue weighted by Crippen LogP contribution is 2.18. The monoisotopic (exact) mass is 349 g/mol. The van der Waals surface area contributed by atoms with Crippen LogP contribution in [0.5, 0.6) is 0 Å². The van der Waals surface area contributed by atoms with E-state index in [9.17, 15) is 4.79 Å². The second-order valence-corrected chi connectivity index (χ2v) is 6.47. The van der Waals surface area contributed by atoms with E-state index in [1.165, 1.54) is 0 Å². The lowest BCUT2D eigenvalue weighted by Crippen LogP contribution is -2.36. The minimum absolute atomic E-state index is 0.0605. The molecule has 0 fully saturated rings. The molecular formula is C21H23N3O2. The van der Waals surface area contributed by atoms with Crippen LogP contribution in [-0.4, -0.2) is 27.0 Å². The zero-order valence-corrected chi connectivity index (χ0v) is 15.1. The molecular weight excluding hydrogens is 326 g/mol. The molecule has 1 heterocycles. The molecule has 0 aliphatic rings. The molecule has 0 radical (unpaired) electrons. The van der Waals surface area contributed by atoms with Crippen LogP contribution in [0.4, 0.5) is 0 Å². The summed E-state index contributed by atoms with van der Waals surface area (Å²) in [4.78, 5) is 14.5. The number of benzene rings is 2. The summed E-state index contributed by atoms with van der Waals surface area (Å²) < 4.78 is 5.75. The number of carbonyl (C=O) groups excluding carboxylic acids is 1. The van der Waals surface area contributed by atoms with Crippen molar-refractivity contribution in [1.82, 2.24) is 15.1 Å². The molecule has 0 saturated carbocycles. The number of carbonyl (C=O) groups is 1. The summed E-state index contributed by atoms with van der Waals surface area (Å²) in [6.07, 6.45) is 1.18. The highest BCUT2D eigenvalue weighted by atomic mass is 16.4. The van der Waals surface area contributed by atoms with Gasteiger partial charge in [-0.25, -0.2) is 0 Å². The molecule has 0 bridgehead atoms. The average Bonchev–Trinajstić information content (AvgIpc) is 3.14. The van der Waals surface area contributed by atoms with Gasteiger partial charge in [0.15, 0.2) is 0 Å². The Morgan fingerprint density at radius 1 is 1.00 bits per heavy atom. The first-order chi connectivity index (χ1) is 12.6. The van der Waals surface area contributed by atoms with Gasteiger partial charge in [-0.2, -0.15) is 0 Å². The number of aryl methyl sites for hydroxylation is 1.